The molecule has 0 saturated carbocycles. The highest BCUT2D eigenvalue weighted by Crippen LogP contribution is 2.33. The highest BCUT2D eigenvalue weighted by molar-refractivity contribution is 6.31. The molecule has 0 aliphatic carbocycles. The Bertz CT molecular complexity index is 853. The molecule has 0 saturated heterocycles. The van der Waals surface area contributed by atoms with Gasteiger partial charge < -0.3 is 9.52 Å². The van der Waals surface area contributed by atoms with E-state index in [1.165, 1.54) is 0 Å². The van der Waals surface area contributed by atoms with E-state index in [1.54, 1.807) is 6.07 Å². The zero-order valence-corrected chi connectivity index (χ0v) is 14.2. The molecule has 2 rings (SSSR count). The maximum Gasteiger partial charge on any atom is 0.394 e. The largest absolute Gasteiger partial charge is 0.506 e. The number of aromatic amines is 1. The van der Waals surface area contributed by atoms with E-state index < -0.39 is 35.0 Å². The first kappa shape index (κ1) is 18.9. The lowest BCUT2D eigenvalue weighted by atomic mass is 9.97. The van der Waals surface area contributed by atoms with Crippen LogP contribution in [0.4, 0.5) is 13.2 Å². The van der Waals surface area contributed by atoms with E-state index in [0.29, 0.717) is 5.89 Å². The molecule has 2 aromatic heterocycles. The van der Waals surface area contributed by atoms with Crippen LogP contribution in [0.2, 0.25) is 5.15 Å². The van der Waals surface area contributed by atoms with Crippen molar-refractivity contribution < 1.29 is 22.7 Å². The summed E-state index contributed by atoms with van der Waals surface area (Å²) in [5.41, 5.74) is -1.69. The maximum absolute atomic E-state index is 12.7. The topological polar surface area (TPSA) is 98.7 Å². The lowest BCUT2D eigenvalue weighted by molar-refractivity contribution is -0.127. The zero-order valence-electron chi connectivity index (χ0n) is 13.5. The van der Waals surface area contributed by atoms with Crippen LogP contribution < -0.4 is 0 Å². The van der Waals surface area contributed by atoms with E-state index in [-0.39, 0.29) is 16.4 Å². The van der Waals surface area contributed by atoms with Gasteiger partial charge in [0.15, 0.2) is 11.0 Å². The first-order chi connectivity index (χ1) is 11.4. The highest BCUT2D eigenvalue weighted by Gasteiger charge is 2.33. The van der Waals surface area contributed by atoms with Gasteiger partial charge in [-0.05, 0) is 0 Å². The van der Waals surface area contributed by atoms with Gasteiger partial charge in [0.05, 0.1) is 17.7 Å². The van der Waals surface area contributed by atoms with Crippen molar-refractivity contribution in [2.24, 2.45) is 0 Å². The molecular weight excluding hydrogens is 361 g/mol. The predicted molar refractivity (Wildman–Crippen MR) is 83.6 cm³/mol. The normalized spacial score (nSPS) is 13.5. The van der Waals surface area contributed by atoms with Gasteiger partial charge in [-0.15, -0.1) is 0 Å². The molecule has 134 valence electrons. The van der Waals surface area contributed by atoms with Crippen LogP contribution in [0, 0.1) is 11.3 Å². The highest BCUT2D eigenvalue weighted by atomic mass is 35.5. The average molecular weight is 375 g/mol. The van der Waals surface area contributed by atoms with Crippen molar-refractivity contribution >= 4 is 22.9 Å². The molecular formula is C15H14ClF3N4O2. The summed E-state index contributed by atoms with van der Waals surface area (Å²) in [6.45, 7) is 5.48. The molecule has 0 aliphatic rings. The van der Waals surface area contributed by atoms with Gasteiger partial charge in [-0.3, -0.25) is 5.10 Å². The van der Waals surface area contributed by atoms with Crippen LogP contribution >= 0.6 is 11.6 Å². The Hall–Kier alpha value is -2.47. The number of rotatable bonds is 3. The second kappa shape index (κ2) is 6.44. The third kappa shape index (κ3) is 4.14. The fourth-order valence-corrected chi connectivity index (χ4v) is 2.26. The average Bonchev–Trinajstić information content (AvgIpc) is 3.05. The quantitative estimate of drug-likeness (QED) is 0.612. The number of allylic oxidation sites excluding steroid dienone is 1. The second-order valence-electron chi connectivity index (χ2n) is 6.28. The van der Waals surface area contributed by atoms with E-state index in [2.05, 4.69) is 15.2 Å². The molecule has 2 heterocycles. The summed E-state index contributed by atoms with van der Waals surface area (Å²) in [7, 11) is 0. The third-order valence-electron chi connectivity index (χ3n) is 3.16. The number of aliphatic hydroxyl groups is 1. The van der Waals surface area contributed by atoms with Crippen molar-refractivity contribution in [3.8, 4) is 6.07 Å². The van der Waals surface area contributed by atoms with Crippen LogP contribution in [-0.4, -0.2) is 26.5 Å². The SMILES string of the molecule is CC(C)(C)c1nc(C(C#N)=C(O)c2c(Cl)n[nH]c2CC(F)(F)F)co1. The number of nitrogens with one attached hydrogen (secondary N) is 1. The second-order valence-corrected chi connectivity index (χ2v) is 6.64. The zero-order chi connectivity index (χ0) is 19.0. The Morgan fingerprint density at radius 1 is 1.40 bits per heavy atom. The Balaban J connectivity index is 2.56. The monoisotopic (exact) mass is 374 g/mol. The van der Waals surface area contributed by atoms with Gasteiger partial charge in [-0.1, -0.05) is 32.4 Å². The first-order valence-corrected chi connectivity index (χ1v) is 7.41. The van der Waals surface area contributed by atoms with E-state index in [9.17, 15) is 23.5 Å². The Labute approximate surface area is 145 Å². The van der Waals surface area contributed by atoms with E-state index >= 15 is 0 Å². The van der Waals surface area contributed by atoms with Crippen LogP contribution in [0.1, 0.15) is 43.6 Å². The van der Waals surface area contributed by atoms with Crippen molar-refractivity contribution in [1.29, 1.82) is 5.26 Å². The summed E-state index contributed by atoms with van der Waals surface area (Å²) in [5.74, 6) is -0.453. The van der Waals surface area contributed by atoms with E-state index in [0.717, 1.165) is 6.26 Å². The summed E-state index contributed by atoms with van der Waals surface area (Å²) < 4.78 is 43.2. The van der Waals surface area contributed by atoms with Crippen molar-refractivity contribution in [3.05, 3.63) is 34.3 Å². The van der Waals surface area contributed by atoms with Gasteiger partial charge in [-0.2, -0.15) is 23.5 Å². The number of oxazole rings is 1. The molecule has 2 N–H and O–H groups in total. The van der Waals surface area contributed by atoms with Crippen molar-refractivity contribution in [3.63, 3.8) is 0 Å². The number of hydrogen-bond donors (Lipinski definition) is 2. The van der Waals surface area contributed by atoms with Crippen LogP contribution in [0.3, 0.4) is 0 Å². The number of H-pyrrole nitrogens is 1. The summed E-state index contributed by atoms with van der Waals surface area (Å²) in [6, 6.07) is 1.71. The number of aliphatic hydroxyl groups excluding tert-OH is 1. The molecule has 2 aromatic rings. The van der Waals surface area contributed by atoms with Gasteiger partial charge in [0.2, 0.25) is 0 Å². The molecule has 0 spiro atoms. The number of nitriles is 1. The van der Waals surface area contributed by atoms with Crippen molar-refractivity contribution in [1.82, 2.24) is 15.2 Å². The van der Waals surface area contributed by atoms with Crippen molar-refractivity contribution in [2.75, 3.05) is 0 Å². The van der Waals surface area contributed by atoms with Gasteiger partial charge in [0, 0.05) is 5.41 Å². The number of alkyl halides is 3. The van der Waals surface area contributed by atoms with E-state index in [1.807, 2.05) is 20.8 Å². The smallest absolute Gasteiger partial charge is 0.394 e. The molecule has 0 atom stereocenters. The standard InChI is InChI=1S/C15H14ClF3N4O2/c1-14(2,3)13-21-9(6-25-13)7(5-20)11(24)10-8(4-15(17,18)19)22-23-12(10)16/h6,24H,4H2,1-3H3,(H,22,23). The van der Waals surface area contributed by atoms with Crippen LogP contribution in [0.5, 0.6) is 0 Å². The first-order valence-electron chi connectivity index (χ1n) is 7.03. The van der Waals surface area contributed by atoms with Crippen LogP contribution in [0.15, 0.2) is 10.7 Å². The lowest BCUT2D eigenvalue weighted by Gasteiger charge is -2.11. The van der Waals surface area contributed by atoms with Gasteiger partial charge in [-0.25, -0.2) is 4.98 Å². The van der Waals surface area contributed by atoms with Gasteiger partial charge in [0.25, 0.3) is 0 Å². The molecule has 0 amide bonds. The third-order valence-corrected chi connectivity index (χ3v) is 3.44. The Kier molecular flexibility index (Phi) is 4.86. The summed E-state index contributed by atoms with van der Waals surface area (Å²) in [6.07, 6.45) is -4.80. The molecule has 0 aliphatic heterocycles. The summed E-state index contributed by atoms with van der Waals surface area (Å²) in [5, 5.41) is 24.9. The minimum Gasteiger partial charge on any atom is -0.506 e. The fraction of sp³-hybridized carbons (Fsp3) is 0.400. The van der Waals surface area contributed by atoms with Crippen molar-refractivity contribution in [2.45, 2.75) is 38.8 Å². The number of aromatic nitrogens is 3. The minimum atomic E-state index is -4.55. The van der Waals surface area contributed by atoms with Gasteiger partial charge >= 0.3 is 6.18 Å². The predicted octanol–water partition coefficient (Wildman–Crippen LogP) is 4.40. The van der Waals surface area contributed by atoms with Gasteiger partial charge in [0.1, 0.15) is 29.4 Å². The molecule has 0 unspecified atom stereocenters. The molecule has 0 aromatic carbocycles. The maximum atomic E-state index is 12.7. The number of hydrogen-bond acceptors (Lipinski definition) is 5. The number of nitrogens with zero attached hydrogens (tertiary/aromatic N) is 3. The van der Waals surface area contributed by atoms with Crippen LogP contribution in [0.25, 0.3) is 11.3 Å². The molecule has 0 radical (unpaired) electrons. The minimum absolute atomic E-state index is 0.0137. The molecule has 0 fully saturated rings. The molecule has 10 heteroatoms. The van der Waals surface area contributed by atoms with Crippen LogP contribution in [-0.2, 0) is 11.8 Å². The van der Waals surface area contributed by atoms with E-state index in [4.69, 9.17) is 16.0 Å². The molecule has 25 heavy (non-hydrogen) atoms. The summed E-state index contributed by atoms with van der Waals surface area (Å²) in [4.78, 5) is 4.11. The lowest BCUT2D eigenvalue weighted by Crippen LogP contribution is -2.13. The number of halogens is 4. The molecule has 6 nitrogen and oxygen atoms in total. The summed E-state index contributed by atoms with van der Waals surface area (Å²) >= 11 is 5.78. The molecule has 0 bridgehead atoms. The fourth-order valence-electron chi connectivity index (χ4n) is 2.01. The Morgan fingerprint density at radius 2 is 2.04 bits per heavy atom. The Morgan fingerprint density at radius 3 is 2.52 bits per heavy atom.